The summed E-state index contributed by atoms with van der Waals surface area (Å²) in [6.45, 7) is 0. The quantitative estimate of drug-likeness (QED) is 0.116. The van der Waals surface area contributed by atoms with Crippen molar-refractivity contribution in [2.75, 3.05) is 7.11 Å². The molecule has 11 heteroatoms. The summed E-state index contributed by atoms with van der Waals surface area (Å²) >= 11 is 3.35. The number of carbonyl (C=O) groups is 1. The molecule has 2 saturated carbocycles. The number of thiophene rings is 2. The Morgan fingerprint density at radius 1 is 0.761 bits per heavy atom. The van der Waals surface area contributed by atoms with Crippen molar-refractivity contribution in [2.45, 2.75) is 31.3 Å². The van der Waals surface area contributed by atoms with Gasteiger partial charge in [0.25, 0.3) is 0 Å². The number of nitrogens with zero attached hydrogens (tertiary/aromatic N) is 2. The second-order valence-corrected chi connectivity index (χ2v) is 14.1. The van der Waals surface area contributed by atoms with E-state index < -0.39 is 5.60 Å². The summed E-state index contributed by atoms with van der Waals surface area (Å²) in [5, 5.41) is 32.6. The molecule has 6 aromatic heterocycles. The van der Waals surface area contributed by atoms with Crippen LogP contribution in [0.5, 0.6) is 0 Å². The molecular formula is C35H30N6O3S2. The number of esters is 1. The van der Waals surface area contributed by atoms with Gasteiger partial charge in [0, 0.05) is 21.8 Å². The van der Waals surface area contributed by atoms with E-state index in [4.69, 9.17) is 4.74 Å². The van der Waals surface area contributed by atoms with Crippen LogP contribution in [0, 0.1) is 11.8 Å². The third-order valence-corrected chi connectivity index (χ3v) is 11.2. The van der Waals surface area contributed by atoms with Crippen LogP contribution in [0.3, 0.4) is 0 Å². The molecule has 9 nitrogen and oxygen atoms in total. The first-order valence-electron chi connectivity index (χ1n) is 15.4. The van der Waals surface area contributed by atoms with Gasteiger partial charge in [-0.25, -0.2) is 4.79 Å². The van der Waals surface area contributed by atoms with Crippen LogP contribution in [0.15, 0.2) is 71.4 Å². The maximum atomic E-state index is 11.6. The fraction of sp³-hybridized carbons (Fsp3) is 0.229. The molecule has 0 saturated heterocycles. The number of aromatic amines is 4. The number of rotatable bonds is 6. The molecule has 46 heavy (non-hydrogen) atoms. The van der Waals surface area contributed by atoms with Gasteiger partial charge in [-0.05, 0) is 96.3 Å². The number of hydrogen-bond acceptors (Lipinski definition) is 7. The van der Waals surface area contributed by atoms with Crippen LogP contribution in [0.25, 0.3) is 65.0 Å². The first-order chi connectivity index (χ1) is 22.5. The maximum absolute atomic E-state index is 11.6. The zero-order valence-corrected chi connectivity index (χ0v) is 26.5. The van der Waals surface area contributed by atoms with Gasteiger partial charge >= 0.3 is 5.97 Å². The molecule has 5 N–H and O–H groups in total. The molecule has 2 aliphatic carbocycles. The largest absolute Gasteiger partial charge is 0.465 e. The molecule has 0 radical (unpaired) electrons. The smallest absolute Gasteiger partial charge is 0.337 e. The lowest BCUT2D eigenvalue weighted by Crippen LogP contribution is -2.30. The third-order valence-electron chi connectivity index (χ3n) is 9.38. The van der Waals surface area contributed by atoms with Crippen LogP contribution < -0.4 is 0 Å². The SMILES string of the molecule is COC(=O)c1ccc2cc(-c3n[nH]c4ccsc34)[nH]c2c1.OC(c1ccc2cc(-c3n[nH]c4ccsc34)[nH]c2c1)(C1CC1)C1CC1. The van der Waals surface area contributed by atoms with Crippen molar-refractivity contribution in [1.29, 1.82) is 0 Å². The Balaban J connectivity index is 0.000000129. The highest BCUT2D eigenvalue weighted by molar-refractivity contribution is 7.18. The lowest BCUT2D eigenvalue weighted by Gasteiger charge is -2.29. The second kappa shape index (κ2) is 10.4. The summed E-state index contributed by atoms with van der Waals surface area (Å²) in [6.07, 6.45) is 4.63. The Morgan fingerprint density at radius 2 is 1.30 bits per heavy atom. The Kier molecular flexibility index (Phi) is 6.24. The van der Waals surface area contributed by atoms with Crippen molar-refractivity contribution in [1.82, 2.24) is 30.4 Å². The molecule has 0 unspecified atom stereocenters. The summed E-state index contributed by atoms with van der Waals surface area (Å²) in [5.41, 5.74) is 8.91. The molecule has 2 aliphatic rings. The number of benzene rings is 2. The van der Waals surface area contributed by atoms with Gasteiger partial charge in [0.15, 0.2) is 0 Å². The number of nitrogens with one attached hydrogen (secondary N) is 4. The van der Waals surface area contributed by atoms with Gasteiger partial charge in [-0.3, -0.25) is 10.2 Å². The Morgan fingerprint density at radius 3 is 1.85 bits per heavy atom. The summed E-state index contributed by atoms with van der Waals surface area (Å²) < 4.78 is 7.04. The number of H-pyrrole nitrogens is 4. The number of methoxy groups -OCH3 is 1. The molecule has 0 spiro atoms. The highest BCUT2D eigenvalue weighted by Gasteiger charge is 2.54. The molecule has 10 rings (SSSR count). The minimum atomic E-state index is -0.618. The van der Waals surface area contributed by atoms with Crippen molar-refractivity contribution < 1.29 is 14.6 Å². The first-order valence-corrected chi connectivity index (χ1v) is 17.2. The lowest BCUT2D eigenvalue weighted by atomic mass is 9.84. The van der Waals surface area contributed by atoms with Gasteiger partial charge in [0.1, 0.15) is 11.4 Å². The van der Waals surface area contributed by atoms with Crippen molar-refractivity contribution in [3.63, 3.8) is 0 Å². The van der Waals surface area contributed by atoms with Crippen LogP contribution in [0.1, 0.15) is 41.6 Å². The fourth-order valence-electron chi connectivity index (χ4n) is 6.72. The van der Waals surface area contributed by atoms with Gasteiger partial charge in [0.05, 0.1) is 50.1 Å². The fourth-order valence-corrected chi connectivity index (χ4v) is 8.41. The summed E-state index contributed by atoms with van der Waals surface area (Å²) in [5.74, 6) is 0.557. The predicted molar refractivity (Wildman–Crippen MR) is 183 cm³/mol. The number of fused-ring (bicyclic) bond motifs is 4. The van der Waals surface area contributed by atoms with Crippen molar-refractivity contribution in [3.05, 3.63) is 82.6 Å². The summed E-state index contributed by atoms with van der Waals surface area (Å²) in [4.78, 5) is 18.4. The van der Waals surface area contributed by atoms with Crippen LogP contribution >= 0.6 is 22.7 Å². The molecule has 0 aliphatic heterocycles. The van der Waals surface area contributed by atoms with Crippen LogP contribution in [0.2, 0.25) is 0 Å². The molecule has 230 valence electrons. The van der Waals surface area contributed by atoms with Gasteiger partial charge in [-0.1, -0.05) is 18.2 Å². The molecule has 8 aromatic rings. The molecule has 2 aromatic carbocycles. The molecular weight excluding hydrogens is 617 g/mol. The normalized spacial score (nSPS) is 15.2. The summed E-state index contributed by atoms with van der Waals surface area (Å²) in [6, 6.07) is 20.1. The molecule has 0 atom stereocenters. The topological polar surface area (TPSA) is 135 Å². The van der Waals surface area contributed by atoms with Gasteiger partial charge in [-0.15, -0.1) is 22.7 Å². The van der Waals surface area contributed by atoms with Crippen LogP contribution in [0.4, 0.5) is 0 Å². The van der Waals surface area contributed by atoms with Gasteiger partial charge in [-0.2, -0.15) is 10.2 Å². The van der Waals surface area contributed by atoms with Crippen LogP contribution in [-0.4, -0.2) is 48.5 Å². The van der Waals surface area contributed by atoms with E-state index in [1.165, 1.54) is 17.2 Å². The van der Waals surface area contributed by atoms with Crippen molar-refractivity contribution in [3.8, 4) is 22.8 Å². The Hall–Kier alpha value is -4.71. The minimum absolute atomic E-state index is 0.339. The number of aromatic nitrogens is 6. The third kappa shape index (κ3) is 4.49. The minimum Gasteiger partial charge on any atom is -0.465 e. The standard InChI is InChI=1S/C20H19N3OS.C15H11N3O2S/c24-20(12-3-4-12,13-5-6-13)14-2-1-11-9-17(21-16(11)10-14)18-19-15(22-23-18)7-8-25-19;1-20-15(19)9-3-2-8-6-12(16-11(8)7-9)13-14-10(17-18-13)4-5-21-14/h1-2,7-10,12-13,21,24H,3-6H2,(H,22,23);2-7,16H,1H3,(H,17,18). The van der Waals surface area contributed by atoms with Gasteiger partial charge < -0.3 is 19.8 Å². The number of ether oxygens (including phenoxy) is 1. The number of carbonyl (C=O) groups excluding carboxylic acids is 1. The molecule has 0 amide bonds. The second-order valence-electron chi connectivity index (χ2n) is 12.3. The maximum Gasteiger partial charge on any atom is 0.337 e. The Labute approximate surface area is 270 Å². The predicted octanol–water partition coefficient (Wildman–Crippen LogP) is 8.34. The van der Waals surface area contributed by atoms with E-state index in [2.05, 4.69) is 66.1 Å². The lowest BCUT2D eigenvalue weighted by molar-refractivity contribution is -0.0101. The van der Waals surface area contributed by atoms with E-state index in [0.717, 1.165) is 86.2 Å². The van der Waals surface area contributed by atoms with E-state index >= 15 is 0 Å². The highest BCUT2D eigenvalue weighted by Crippen LogP contribution is 2.57. The van der Waals surface area contributed by atoms with Crippen molar-refractivity contribution in [2.24, 2.45) is 11.8 Å². The first kappa shape index (κ1) is 27.6. The zero-order chi connectivity index (χ0) is 31.0. The average Bonchev–Trinajstić information content (AvgIpc) is 3.68. The van der Waals surface area contributed by atoms with Crippen LogP contribution in [-0.2, 0) is 10.3 Å². The highest BCUT2D eigenvalue weighted by atomic mass is 32.1. The van der Waals surface area contributed by atoms with Crippen molar-refractivity contribution >= 4 is 70.9 Å². The van der Waals surface area contributed by atoms with E-state index in [-0.39, 0.29) is 5.97 Å². The molecule has 6 heterocycles. The Bertz CT molecular complexity index is 2380. The zero-order valence-electron chi connectivity index (χ0n) is 24.9. The number of hydrogen-bond donors (Lipinski definition) is 5. The van der Waals surface area contributed by atoms with E-state index in [1.54, 1.807) is 34.8 Å². The average molecular weight is 647 g/mol. The molecule has 0 bridgehead atoms. The van der Waals surface area contributed by atoms with E-state index in [1.807, 2.05) is 23.6 Å². The van der Waals surface area contributed by atoms with Gasteiger partial charge in [0.2, 0.25) is 0 Å². The monoisotopic (exact) mass is 646 g/mol. The van der Waals surface area contributed by atoms with E-state index in [0.29, 0.717) is 17.4 Å². The van der Waals surface area contributed by atoms with E-state index in [9.17, 15) is 9.90 Å². The summed E-state index contributed by atoms with van der Waals surface area (Å²) in [7, 11) is 1.38. The molecule has 2 fully saturated rings. The number of aliphatic hydroxyl groups is 1.